The summed E-state index contributed by atoms with van der Waals surface area (Å²) in [5.41, 5.74) is 2.06. The highest BCUT2D eigenvalue weighted by Gasteiger charge is 2.19. The first-order valence-electron chi connectivity index (χ1n) is 8.94. The zero-order chi connectivity index (χ0) is 18.1. The van der Waals surface area contributed by atoms with E-state index in [0.717, 1.165) is 49.1 Å². The zero-order valence-electron chi connectivity index (χ0n) is 15.3. The first-order chi connectivity index (χ1) is 12.6. The molecule has 0 saturated carbocycles. The number of rotatable bonds is 4. The van der Waals surface area contributed by atoms with Crippen molar-refractivity contribution in [2.24, 2.45) is 0 Å². The quantitative estimate of drug-likeness (QED) is 0.826. The minimum atomic E-state index is 0.0526. The van der Waals surface area contributed by atoms with Gasteiger partial charge in [-0.1, -0.05) is 6.07 Å². The minimum absolute atomic E-state index is 0.0526. The maximum Gasteiger partial charge on any atom is 0.253 e. The molecule has 0 saturated heterocycles. The highest BCUT2D eigenvalue weighted by molar-refractivity contribution is 5.44. The van der Waals surface area contributed by atoms with Crippen molar-refractivity contribution >= 4 is 0 Å². The second kappa shape index (κ2) is 7.09. The highest BCUT2D eigenvalue weighted by Crippen LogP contribution is 2.33. The molecule has 0 aliphatic carbocycles. The summed E-state index contributed by atoms with van der Waals surface area (Å²) in [5, 5.41) is 0. The van der Waals surface area contributed by atoms with Crippen molar-refractivity contribution in [1.29, 1.82) is 0 Å². The van der Waals surface area contributed by atoms with Crippen LogP contribution in [-0.4, -0.2) is 46.8 Å². The second-order valence-electron chi connectivity index (χ2n) is 7.14. The van der Waals surface area contributed by atoms with Crippen LogP contribution in [0.2, 0.25) is 0 Å². The molecule has 0 atom stereocenters. The smallest absolute Gasteiger partial charge is 0.253 e. The van der Waals surface area contributed by atoms with Crippen LogP contribution < -0.4 is 15.0 Å². The third-order valence-corrected chi connectivity index (χ3v) is 4.68. The molecule has 0 amide bonds. The van der Waals surface area contributed by atoms with E-state index in [1.165, 1.54) is 5.56 Å². The van der Waals surface area contributed by atoms with Gasteiger partial charge in [0, 0.05) is 32.2 Å². The topological polar surface area (TPSA) is 59.8 Å². The summed E-state index contributed by atoms with van der Waals surface area (Å²) in [6, 6.07) is 7.73. The van der Waals surface area contributed by atoms with E-state index in [0.29, 0.717) is 13.1 Å². The van der Waals surface area contributed by atoms with E-state index in [1.54, 1.807) is 6.07 Å². The van der Waals surface area contributed by atoms with Crippen LogP contribution in [0, 0.1) is 0 Å². The molecule has 7 nitrogen and oxygen atoms in total. The molecule has 7 heteroatoms. The van der Waals surface area contributed by atoms with Crippen LogP contribution in [0.4, 0.5) is 0 Å². The summed E-state index contributed by atoms with van der Waals surface area (Å²) in [7, 11) is 3.97. The van der Waals surface area contributed by atoms with Gasteiger partial charge < -0.3 is 14.4 Å². The SMILES string of the molecule is CN(C)Cc1cc(=O)n2c(n1)CN(Cc1ccc3c(c1)OCO3)CCC2. The predicted molar refractivity (Wildman–Crippen MR) is 97.2 cm³/mol. The molecule has 0 bridgehead atoms. The lowest BCUT2D eigenvalue weighted by atomic mass is 10.2. The summed E-state index contributed by atoms with van der Waals surface area (Å²) in [6.07, 6.45) is 0.937. The summed E-state index contributed by atoms with van der Waals surface area (Å²) >= 11 is 0. The van der Waals surface area contributed by atoms with Crippen molar-refractivity contribution in [1.82, 2.24) is 19.4 Å². The van der Waals surface area contributed by atoms with Gasteiger partial charge in [-0.2, -0.15) is 0 Å². The van der Waals surface area contributed by atoms with Gasteiger partial charge in [-0.15, -0.1) is 0 Å². The predicted octanol–water partition coefficient (Wildman–Crippen LogP) is 1.44. The van der Waals surface area contributed by atoms with Gasteiger partial charge in [-0.25, -0.2) is 4.98 Å². The Labute approximate surface area is 152 Å². The lowest BCUT2D eigenvalue weighted by Gasteiger charge is -2.20. The number of nitrogens with zero attached hydrogens (tertiary/aromatic N) is 4. The highest BCUT2D eigenvalue weighted by atomic mass is 16.7. The van der Waals surface area contributed by atoms with Crippen LogP contribution in [0.3, 0.4) is 0 Å². The molecule has 2 aromatic rings. The Morgan fingerprint density at radius 2 is 2.00 bits per heavy atom. The molecule has 4 rings (SSSR count). The Hall–Kier alpha value is -2.38. The van der Waals surface area contributed by atoms with Gasteiger partial charge in [0.2, 0.25) is 6.79 Å². The van der Waals surface area contributed by atoms with Crippen LogP contribution in [0.15, 0.2) is 29.1 Å². The molecule has 1 aromatic carbocycles. The Morgan fingerprint density at radius 3 is 2.85 bits per heavy atom. The molecular weight excluding hydrogens is 332 g/mol. The maximum absolute atomic E-state index is 12.5. The molecule has 0 N–H and O–H groups in total. The van der Waals surface area contributed by atoms with Crippen molar-refractivity contribution < 1.29 is 9.47 Å². The fourth-order valence-electron chi connectivity index (χ4n) is 3.53. The molecule has 1 aromatic heterocycles. The molecule has 3 heterocycles. The standard InChI is InChI=1S/C19H24N4O3/c1-21(2)11-15-9-19(24)23-7-3-6-22(12-18(23)20-15)10-14-4-5-16-17(8-14)26-13-25-16/h4-5,8-9H,3,6-7,10-13H2,1-2H3. The van der Waals surface area contributed by atoms with Gasteiger partial charge in [0.15, 0.2) is 11.5 Å². The van der Waals surface area contributed by atoms with Crippen LogP contribution >= 0.6 is 0 Å². The largest absolute Gasteiger partial charge is 0.454 e. The van der Waals surface area contributed by atoms with Crippen molar-refractivity contribution in [3.05, 3.63) is 51.7 Å². The third-order valence-electron chi connectivity index (χ3n) is 4.68. The Kier molecular flexibility index (Phi) is 4.65. The monoisotopic (exact) mass is 356 g/mol. The zero-order valence-corrected chi connectivity index (χ0v) is 15.3. The van der Waals surface area contributed by atoms with Gasteiger partial charge in [-0.05, 0) is 38.2 Å². The lowest BCUT2D eigenvalue weighted by Crippen LogP contribution is -2.28. The Bertz CT molecular complexity index is 862. The molecule has 0 spiro atoms. The summed E-state index contributed by atoms with van der Waals surface area (Å²) < 4.78 is 12.7. The van der Waals surface area contributed by atoms with Gasteiger partial charge in [0.1, 0.15) is 5.82 Å². The minimum Gasteiger partial charge on any atom is -0.454 e. The number of hydrogen-bond acceptors (Lipinski definition) is 6. The van der Waals surface area contributed by atoms with Crippen LogP contribution in [0.25, 0.3) is 0 Å². The number of hydrogen-bond donors (Lipinski definition) is 0. The first-order valence-corrected chi connectivity index (χ1v) is 8.94. The third kappa shape index (κ3) is 3.59. The molecule has 0 unspecified atom stereocenters. The van der Waals surface area contributed by atoms with Crippen molar-refractivity contribution in [3.8, 4) is 11.5 Å². The number of benzene rings is 1. The van der Waals surface area contributed by atoms with Crippen LogP contribution in [0.5, 0.6) is 11.5 Å². The first kappa shape index (κ1) is 17.1. The van der Waals surface area contributed by atoms with E-state index in [9.17, 15) is 4.79 Å². The Morgan fingerprint density at radius 1 is 1.15 bits per heavy atom. The number of ether oxygens (including phenoxy) is 2. The van der Waals surface area contributed by atoms with E-state index in [1.807, 2.05) is 35.7 Å². The molecule has 26 heavy (non-hydrogen) atoms. The van der Waals surface area contributed by atoms with Crippen LogP contribution in [0.1, 0.15) is 23.5 Å². The van der Waals surface area contributed by atoms with Crippen molar-refractivity contribution in [2.75, 3.05) is 27.4 Å². The van der Waals surface area contributed by atoms with Crippen molar-refractivity contribution in [2.45, 2.75) is 32.6 Å². The summed E-state index contributed by atoms with van der Waals surface area (Å²) in [6.45, 7) is 4.08. The van der Waals surface area contributed by atoms with Crippen molar-refractivity contribution in [3.63, 3.8) is 0 Å². The van der Waals surface area contributed by atoms with Gasteiger partial charge in [0.25, 0.3) is 5.56 Å². The van der Waals surface area contributed by atoms with Gasteiger partial charge in [0.05, 0.1) is 12.2 Å². The molecule has 0 fully saturated rings. The Balaban J connectivity index is 1.55. The maximum atomic E-state index is 12.5. The van der Waals surface area contributed by atoms with Gasteiger partial charge in [-0.3, -0.25) is 14.3 Å². The van der Waals surface area contributed by atoms with Crippen LogP contribution in [-0.2, 0) is 26.2 Å². The molecular formula is C19H24N4O3. The molecule has 2 aliphatic heterocycles. The number of aromatic nitrogens is 2. The van der Waals surface area contributed by atoms with E-state index in [2.05, 4.69) is 11.0 Å². The van der Waals surface area contributed by atoms with E-state index >= 15 is 0 Å². The summed E-state index contributed by atoms with van der Waals surface area (Å²) in [5.74, 6) is 2.46. The fourth-order valence-corrected chi connectivity index (χ4v) is 3.53. The molecule has 2 aliphatic rings. The van der Waals surface area contributed by atoms with E-state index < -0.39 is 0 Å². The lowest BCUT2D eigenvalue weighted by molar-refractivity contribution is 0.174. The fraction of sp³-hybridized carbons (Fsp3) is 0.474. The average Bonchev–Trinajstić information content (AvgIpc) is 2.94. The second-order valence-corrected chi connectivity index (χ2v) is 7.14. The molecule has 138 valence electrons. The van der Waals surface area contributed by atoms with E-state index in [4.69, 9.17) is 14.5 Å². The molecule has 0 radical (unpaired) electrons. The summed E-state index contributed by atoms with van der Waals surface area (Å²) in [4.78, 5) is 21.6. The number of fused-ring (bicyclic) bond motifs is 2. The van der Waals surface area contributed by atoms with Gasteiger partial charge >= 0.3 is 0 Å². The average molecular weight is 356 g/mol. The normalized spacial score (nSPS) is 16.6. The van der Waals surface area contributed by atoms with E-state index in [-0.39, 0.29) is 12.4 Å².